The van der Waals surface area contributed by atoms with Crippen LogP contribution in [-0.2, 0) is 0 Å². The maximum Gasteiger partial charge on any atom is 0.0373 e. The molecule has 14 heavy (non-hydrogen) atoms. The quantitative estimate of drug-likeness (QED) is 0.767. The Labute approximate surface area is 85.5 Å². The minimum atomic E-state index is 0.0795. The molecule has 1 aliphatic carbocycles. The van der Waals surface area contributed by atoms with Gasteiger partial charge in [-0.25, -0.2) is 0 Å². The van der Waals surface area contributed by atoms with E-state index in [0.29, 0.717) is 0 Å². The Balaban J connectivity index is 2.05. The number of nitrogens with two attached hydrogens (primary N) is 1. The molecular weight excluding hydrogens is 172 g/mol. The average Bonchev–Trinajstić information content (AvgIpc) is 2.88. The highest BCUT2D eigenvalue weighted by Gasteiger charge is 2.37. The van der Waals surface area contributed by atoms with Crippen LogP contribution in [-0.4, -0.2) is 12.1 Å². The summed E-state index contributed by atoms with van der Waals surface area (Å²) in [5, 5.41) is 3.43. The van der Waals surface area contributed by atoms with E-state index >= 15 is 0 Å². The van der Waals surface area contributed by atoms with Crippen LogP contribution in [0.2, 0.25) is 0 Å². The molecule has 0 saturated heterocycles. The zero-order valence-corrected chi connectivity index (χ0v) is 8.93. The SMILES string of the molecule is Cc1cccc(NCC2(N)CC2)c1C. The van der Waals surface area contributed by atoms with Gasteiger partial charge in [0.25, 0.3) is 0 Å². The molecule has 0 aromatic heterocycles. The van der Waals surface area contributed by atoms with Crippen molar-refractivity contribution < 1.29 is 0 Å². The van der Waals surface area contributed by atoms with Crippen LogP contribution in [0.5, 0.6) is 0 Å². The van der Waals surface area contributed by atoms with Crippen molar-refractivity contribution in [2.75, 3.05) is 11.9 Å². The van der Waals surface area contributed by atoms with Gasteiger partial charge in [0.2, 0.25) is 0 Å². The molecule has 2 nitrogen and oxygen atoms in total. The van der Waals surface area contributed by atoms with Crippen molar-refractivity contribution in [2.24, 2.45) is 5.73 Å². The van der Waals surface area contributed by atoms with E-state index in [0.717, 1.165) is 19.4 Å². The van der Waals surface area contributed by atoms with Crippen LogP contribution < -0.4 is 11.1 Å². The van der Waals surface area contributed by atoms with Gasteiger partial charge in [0, 0.05) is 17.8 Å². The maximum atomic E-state index is 6.02. The zero-order chi connectivity index (χ0) is 10.2. The molecule has 3 N–H and O–H groups in total. The van der Waals surface area contributed by atoms with E-state index in [4.69, 9.17) is 5.73 Å². The van der Waals surface area contributed by atoms with Crippen molar-refractivity contribution in [3.63, 3.8) is 0 Å². The number of hydrogen-bond donors (Lipinski definition) is 2. The molecule has 0 radical (unpaired) electrons. The number of aryl methyl sites for hydroxylation is 1. The first kappa shape index (κ1) is 9.53. The maximum absolute atomic E-state index is 6.02. The summed E-state index contributed by atoms with van der Waals surface area (Å²) in [5.41, 5.74) is 9.98. The minimum Gasteiger partial charge on any atom is -0.383 e. The third kappa shape index (κ3) is 1.90. The molecule has 1 aromatic carbocycles. The van der Waals surface area contributed by atoms with Gasteiger partial charge >= 0.3 is 0 Å². The van der Waals surface area contributed by atoms with Gasteiger partial charge < -0.3 is 11.1 Å². The van der Waals surface area contributed by atoms with Crippen molar-refractivity contribution in [3.8, 4) is 0 Å². The summed E-state index contributed by atoms with van der Waals surface area (Å²) in [6.07, 6.45) is 2.32. The minimum absolute atomic E-state index is 0.0795. The molecule has 0 spiro atoms. The van der Waals surface area contributed by atoms with Gasteiger partial charge in [0.15, 0.2) is 0 Å². The smallest absolute Gasteiger partial charge is 0.0373 e. The molecule has 1 saturated carbocycles. The predicted molar refractivity (Wildman–Crippen MR) is 60.6 cm³/mol. The lowest BCUT2D eigenvalue weighted by molar-refractivity contribution is 0.713. The van der Waals surface area contributed by atoms with Crippen LogP contribution in [0, 0.1) is 13.8 Å². The Bertz CT molecular complexity index is 340. The second-order valence-corrected chi connectivity index (χ2v) is 4.46. The molecule has 1 fully saturated rings. The summed E-state index contributed by atoms with van der Waals surface area (Å²) in [5.74, 6) is 0. The first-order valence-corrected chi connectivity index (χ1v) is 5.20. The summed E-state index contributed by atoms with van der Waals surface area (Å²) in [6, 6.07) is 6.34. The first-order chi connectivity index (χ1) is 6.61. The van der Waals surface area contributed by atoms with Crippen molar-refractivity contribution in [3.05, 3.63) is 29.3 Å². The zero-order valence-electron chi connectivity index (χ0n) is 8.93. The van der Waals surface area contributed by atoms with E-state index in [-0.39, 0.29) is 5.54 Å². The normalized spacial score (nSPS) is 17.9. The molecule has 0 bridgehead atoms. The molecule has 2 rings (SSSR count). The molecule has 0 aliphatic heterocycles. The first-order valence-electron chi connectivity index (χ1n) is 5.20. The van der Waals surface area contributed by atoms with Crippen LogP contribution in [0.15, 0.2) is 18.2 Å². The van der Waals surface area contributed by atoms with Gasteiger partial charge in [-0.15, -0.1) is 0 Å². The van der Waals surface area contributed by atoms with Crippen LogP contribution in [0.1, 0.15) is 24.0 Å². The Morgan fingerprint density at radius 2 is 2.07 bits per heavy atom. The lowest BCUT2D eigenvalue weighted by Gasteiger charge is -2.14. The van der Waals surface area contributed by atoms with E-state index in [1.807, 2.05) is 0 Å². The summed E-state index contributed by atoms with van der Waals surface area (Å²) in [4.78, 5) is 0. The molecule has 0 atom stereocenters. The fourth-order valence-corrected chi connectivity index (χ4v) is 1.55. The summed E-state index contributed by atoms with van der Waals surface area (Å²) < 4.78 is 0. The number of rotatable bonds is 3. The van der Waals surface area contributed by atoms with Gasteiger partial charge in [0.05, 0.1) is 0 Å². The molecule has 0 unspecified atom stereocenters. The number of nitrogens with one attached hydrogen (secondary N) is 1. The van der Waals surface area contributed by atoms with E-state index in [1.165, 1.54) is 16.8 Å². The van der Waals surface area contributed by atoms with Gasteiger partial charge in [-0.3, -0.25) is 0 Å². The van der Waals surface area contributed by atoms with Crippen molar-refractivity contribution >= 4 is 5.69 Å². The van der Waals surface area contributed by atoms with Crippen molar-refractivity contribution in [1.82, 2.24) is 0 Å². The third-order valence-corrected chi connectivity index (χ3v) is 3.13. The molecule has 1 aromatic rings. The van der Waals surface area contributed by atoms with Crippen molar-refractivity contribution in [1.29, 1.82) is 0 Å². The van der Waals surface area contributed by atoms with Gasteiger partial charge in [-0.1, -0.05) is 12.1 Å². The fourth-order valence-electron chi connectivity index (χ4n) is 1.55. The van der Waals surface area contributed by atoms with Gasteiger partial charge in [-0.05, 0) is 43.9 Å². The van der Waals surface area contributed by atoms with Crippen LogP contribution >= 0.6 is 0 Å². The Hall–Kier alpha value is -1.02. The van der Waals surface area contributed by atoms with Crippen LogP contribution in [0.3, 0.4) is 0 Å². The molecule has 1 aliphatic rings. The highest BCUT2D eigenvalue weighted by molar-refractivity contribution is 5.54. The highest BCUT2D eigenvalue weighted by Crippen LogP contribution is 2.32. The van der Waals surface area contributed by atoms with E-state index < -0.39 is 0 Å². The Morgan fingerprint density at radius 1 is 1.36 bits per heavy atom. The number of benzene rings is 1. The lowest BCUT2D eigenvalue weighted by atomic mass is 10.1. The fraction of sp³-hybridized carbons (Fsp3) is 0.500. The summed E-state index contributed by atoms with van der Waals surface area (Å²) >= 11 is 0. The standard InChI is InChI=1S/C12H18N2/c1-9-4-3-5-11(10(9)2)14-8-12(13)6-7-12/h3-5,14H,6-8,13H2,1-2H3. The molecular formula is C12H18N2. The summed E-state index contributed by atoms with van der Waals surface area (Å²) in [6.45, 7) is 5.18. The summed E-state index contributed by atoms with van der Waals surface area (Å²) in [7, 11) is 0. The predicted octanol–water partition coefficient (Wildman–Crippen LogP) is 2.21. The second-order valence-electron chi connectivity index (χ2n) is 4.46. The monoisotopic (exact) mass is 190 g/mol. The molecule has 2 heteroatoms. The van der Waals surface area contributed by atoms with E-state index in [2.05, 4.69) is 37.4 Å². The largest absolute Gasteiger partial charge is 0.383 e. The second kappa shape index (κ2) is 3.28. The third-order valence-electron chi connectivity index (χ3n) is 3.13. The lowest BCUT2D eigenvalue weighted by Crippen LogP contribution is -2.31. The Morgan fingerprint density at radius 3 is 2.71 bits per heavy atom. The van der Waals surface area contributed by atoms with Crippen LogP contribution in [0.4, 0.5) is 5.69 Å². The van der Waals surface area contributed by atoms with Gasteiger partial charge in [0.1, 0.15) is 0 Å². The molecule has 0 amide bonds. The van der Waals surface area contributed by atoms with E-state index in [1.54, 1.807) is 0 Å². The topological polar surface area (TPSA) is 38.0 Å². The average molecular weight is 190 g/mol. The van der Waals surface area contributed by atoms with Gasteiger partial charge in [-0.2, -0.15) is 0 Å². The number of anilines is 1. The van der Waals surface area contributed by atoms with E-state index in [9.17, 15) is 0 Å². The number of hydrogen-bond acceptors (Lipinski definition) is 2. The van der Waals surface area contributed by atoms with Crippen molar-refractivity contribution in [2.45, 2.75) is 32.2 Å². The molecule has 0 heterocycles. The highest BCUT2D eigenvalue weighted by atomic mass is 15.0. The van der Waals surface area contributed by atoms with Crippen LogP contribution in [0.25, 0.3) is 0 Å². The Kier molecular flexibility index (Phi) is 2.23. The molecule has 76 valence electrons.